The molecule has 12 heteroatoms. The lowest BCUT2D eigenvalue weighted by Crippen LogP contribution is -2.17. The molecule has 0 spiro atoms. The number of rotatable bonds is 17. The van der Waals surface area contributed by atoms with Gasteiger partial charge in [0.25, 0.3) is 0 Å². The lowest BCUT2D eigenvalue weighted by molar-refractivity contribution is 0.257. The summed E-state index contributed by atoms with van der Waals surface area (Å²) >= 11 is 0. The van der Waals surface area contributed by atoms with Gasteiger partial charge in [-0.05, 0) is 48.2 Å². The molecule has 2 aromatic heterocycles. The molecule has 0 atom stereocenters. The Bertz CT molecular complexity index is 1420. The van der Waals surface area contributed by atoms with Crippen molar-refractivity contribution in [3.63, 3.8) is 0 Å². The molecule has 214 valence electrons. The first-order chi connectivity index (χ1) is 19.5. The molecule has 2 heterocycles. The summed E-state index contributed by atoms with van der Waals surface area (Å²) in [7, 11) is 0. The predicted molar refractivity (Wildman–Crippen MR) is 146 cm³/mol. The zero-order chi connectivity index (χ0) is 28.2. The SMILES string of the molecule is O=c1[nH]c(=O)n(Cc2ccc(OCCCCCCCCCCOc3ccc(Cn4oc(=O)[nH]c4=O)cc3)cc2)o1. The van der Waals surface area contributed by atoms with Gasteiger partial charge in [0.05, 0.1) is 26.3 Å². The van der Waals surface area contributed by atoms with E-state index in [4.69, 9.17) is 18.5 Å². The number of hydrogen-bond donors (Lipinski definition) is 2. The van der Waals surface area contributed by atoms with Crippen LogP contribution in [0.3, 0.4) is 0 Å². The Hall–Kier alpha value is -4.48. The van der Waals surface area contributed by atoms with Crippen molar-refractivity contribution in [3.05, 3.63) is 102 Å². The van der Waals surface area contributed by atoms with Gasteiger partial charge in [-0.2, -0.15) is 0 Å². The zero-order valence-corrected chi connectivity index (χ0v) is 22.3. The first-order valence-corrected chi connectivity index (χ1v) is 13.5. The number of nitrogens with one attached hydrogen (secondary N) is 2. The smallest absolute Gasteiger partial charge is 0.440 e. The molecule has 0 saturated carbocycles. The number of unbranched alkanes of at least 4 members (excludes halogenated alkanes) is 7. The topological polar surface area (TPSA) is 154 Å². The van der Waals surface area contributed by atoms with E-state index in [1.807, 2.05) is 48.5 Å². The van der Waals surface area contributed by atoms with Crippen molar-refractivity contribution in [1.82, 2.24) is 19.4 Å². The molecule has 0 aliphatic carbocycles. The second kappa shape index (κ2) is 14.6. The largest absolute Gasteiger partial charge is 0.494 e. The molecule has 2 aromatic carbocycles. The summed E-state index contributed by atoms with van der Waals surface area (Å²) in [5.74, 6) is 0.0165. The number of aromatic amines is 2. The second-order valence-electron chi connectivity index (χ2n) is 9.50. The third kappa shape index (κ3) is 9.07. The molecule has 2 N–H and O–H groups in total. The van der Waals surface area contributed by atoms with Crippen molar-refractivity contribution in [2.75, 3.05) is 13.2 Å². The van der Waals surface area contributed by atoms with Gasteiger partial charge in [0, 0.05) is 0 Å². The van der Waals surface area contributed by atoms with E-state index in [1.54, 1.807) is 0 Å². The third-order valence-corrected chi connectivity index (χ3v) is 6.33. The molecule has 4 rings (SSSR count). The highest BCUT2D eigenvalue weighted by molar-refractivity contribution is 5.28. The normalized spacial score (nSPS) is 11.1. The van der Waals surface area contributed by atoms with Crippen LogP contribution in [0.4, 0.5) is 0 Å². The fraction of sp³-hybridized carbons (Fsp3) is 0.429. The van der Waals surface area contributed by atoms with Crippen molar-refractivity contribution >= 4 is 0 Å². The Balaban J connectivity index is 0.976. The van der Waals surface area contributed by atoms with Crippen LogP contribution < -0.4 is 32.4 Å². The summed E-state index contributed by atoms with van der Waals surface area (Å²) in [5, 5.41) is 0. The van der Waals surface area contributed by atoms with Gasteiger partial charge in [0.1, 0.15) is 11.5 Å². The van der Waals surface area contributed by atoms with E-state index in [9.17, 15) is 19.2 Å². The summed E-state index contributed by atoms with van der Waals surface area (Å²) in [6.07, 6.45) is 9.00. The molecular weight excluding hydrogens is 520 g/mol. The van der Waals surface area contributed by atoms with Gasteiger partial charge < -0.3 is 18.5 Å². The second-order valence-corrected chi connectivity index (χ2v) is 9.50. The molecule has 40 heavy (non-hydrogen) atoms. The fourth-order valence-corrected chi connectivity index (χ4v) is 4.19. The maximum Gasteiger partial charge on any atom is 0.440 e. The Labute approximate surface area is 229 Å². The lowest BCUT2D eigenvalue weighted by atomic mass is 10.1. The van der Waals surface area contributed by atoms with Gasteiger partial charge in [0.15, 0.2) is 0 Å². The lowest BCUT2D eigenvalue weighted by Gasteiger charge is -2.08. The first-order valence-electron chi connectivity index (χ1n) is 13.5. The van der Waals surface area contributed by atoms with E-state index >= 15 is 0 Å². The van der Waals surface area contributed by atoms with Crippen LogP contribution in [0.25, 0.3) is 0 Å². The molecule has 0 unspecified atom stereocenters. The Morgan fingerprint density at radius 1 is 0.525 bits per heavy atom. The highest BCUT2D eigenvalue weighted by Gasteiger charge is 2.05. The van der Waals surface area contributed by atoms with Crippen LogP contribution >= 0.6 is 0 Å². The molecule has 12 nitrogen and oxygen atoms in total. The third-order valence-electron chi connectivity index (χ3n) is 6.33. The molecular formula is C28H34N4O8. The van der Waals surface area contributed by atoms with Gasteiger partial charge in [-0.1, -0.05) is 62.8 Å². The van der Waals surface area contributed by atoms with Gasteiger partial charge >= 0.3 is 22.9 Å². The fourth-order valence-electron chi connectivity index (χ4n) is 4.19. The number of H-pyrrole nitrogens is 2. The van der Waals surface area contributed by atoms with Gasteiger partial charge in [-0.25, -0.2) is 29.1 Å². The molecule has 4 aromatic rings. The number of aromatic nitrogens is 4. The zero-order valence-electron chi connectivity index (χ0n) is 22.3. The maximum atomic E-state index is 11.5. The van der Waals surface area contributed by atoms with Crippen LogP contribution in [0.5, 0.6) is 11.5 Å². The van der Waals surface area contributed by atoms with Crippen LogP contribution in [0.2, 0.25) is 0 Å². The molecule has 0 radical (unpaired) electrons. The van der Waals surface area contributed by atoms with Gasteiger partial charge in [0.2, 0.25) is 0 Å². The minimum absolute atomic E-state index is 0.184. The highest BCUT2D eigenvalue weighted by atomic mass is 16.5. The average Bonchev–Trinajstić information content (AvgIpc) is 3.43. The van der Waals surface area contributed by atoms with Crippen LogP contribution in [-0.2, 0) is 13.1 Å². The Morgan fingerprint density at radius 2 is 0.875 bits per heavy atom. The maximum absolute atomic E-state index is 11.5. The summed E-state index contributed by atoms with van der Waals surface area (Å²) in [4.78, 5) is 49.2. The van der Waals surface area contributed by atoms with Crippen molar-refractivity contribution in [2.24, 2.45) is 0 Å². The summed E-state index contributed by atoms with van der Waals surface area (Å²) in [5.41, 5.74) is 0.534. The Morgan fingerprint density at radius 3 is 1.20 bits per heavy atom. The van der Waals surface area contributed by atoms with E-state index in [1.165, 1.54) is 25.7 Å². The van der Waals surface area contributed by atoms with Crippen LogP contribution in [0.15, 0.2) is 76.8 Å². The molecule has 0 fully saturated rings. The summed E-state index contributed by atoms with van der Waals surface area (Å²) in [6.45, 7) is 1.68. The van der Waals surface area contributed by atoms with Crippen molar-refractivity contribution in [1.29, 1.82) is 0 Å². The quantitative estimate of drug-likeness (QED) is 0.189. The number of nitrogens with zero attached hydrogens (tertiary/aromatic N) is 2. The molecule has 0 saturated heterocycles. The molecule has 0 bridgehead atoms. The van der Waals surface area contributed by atoms with Gasteiger partial charge in [-0.3, -0.25) is 0 Å². The molecule has 0 amide bonds. The van der Waals surface area contributed by atoms with Crippen LogP contribution in [0, 0.1) is 0 Å². The minimum Gasteiger partial charge on any atom is -0.494 e. The van der Waals surface area contributed by atoms with Gasteiger partial charge in [-0.15, -0.1) is 9.48 Å². The number of benzene rings is 2. The summed E-state index contributed by atoms with van der Waals surface area (Å²) < 4.78 is 23.1. The van der Waals surface area contributed by atoms with Crippen LogP contribution in [-0.4, -0.2) is 32.7 Å². The summed E-state index contributed by atoms with van der Waals surface area (Å²) in [6, 6.07) is 14.8. The van der Waals surface area contributed by atoms with E-state index in [0.29, 0.717) is 13.2 Å². The van der Waals surface area contributed by atoms with E-state index < -0.39 is 22.9 Å². The average molecular weight is 555 g/mol. The highest BCUT2D eigenvalue weighted by Crippen LogP contribution is 2.16. The standard InChI is InChI=1S/C28H34N4O8/c33-25-29-27(35)39-31(25)19-21-9-13-23(14-10-21)37-17-7-5-3-1-2-4-6-8-18-38-24-15-11-22(12-16-24)20-32-26(34)30-28(36)40-32/h9-16H,1-8,17-20H2,(H,29,33,35)(H,30,34,36). The van der Waals surface area contributed by atoms with E-state index in [2.05, 4.69) is 9.97 Å². The number of hydrogen-bond acceptors (Lipinski definition) is 8. The van der Waals surface area contributed by atoms with Crippen molar-refractivity contribution in [3.8, 4) is 11.5 Å². The molecule has 0 aliphatic heterocycles. The van der Waals surface area contributed by atoms with E-state index in [0.717, 1.165) is 57.8 Å². The first kappa shape index (κ1) is 28.5. The molecule has 0 aliphatic rings. The Kier molecular flexibility index (Phi) is 10.4. The monoisotopic (exact) mass is 554 g/mol. The van der Waals surface area contributed by atoms with E-state index in [-0.39, 0.29) is 13.1 Å². The van der Waals surface area contributed by atoms with Crippen LogP contribution in [0.1, 0.15) is 62.5 Å². The predicted octanol–water partition coefficient (Wildman–Crippen LogP) is 3.25. The van der Waals surface area contributed by atoms with Crippen molar-refractivity contribution in [2.45, 2.75) is 64.5 Å². The van der Waals surface area contributed by atoms with Crippen molar-refractivity contribution < 1.29 is 18.5 Å². The minimum atomic E-state index is -0.763. The number of ether oxygens (including phenoxy) is 2.